The third kappa shape index (κ3) is 1.71. The summed E-state index contributed by atoms with van der Waals surface area (Å²) in [6.07, 6.45) is -4.98. The van der Waals surface area contributed by atoms with Crippen molar-refractivity contribution in [2.24, 2.45) is 0 Å². The van der Waals surface area contributed by atoms with Gasteiger partial charge < -0.3 is 5.73 Å². The molecule has 0 aliphatic carbocycles. The van der Waals surface area contributed by atoms with Gasteiger partial charge in [0.25, 0.3) is 0 Å². The summed E-state index contributed by atoms with van der Waals surface area (Å²) in [5, 5.41) is 0. The van der Waals surface area contributed by atoms with Crippen molar-refractivity contribution in [3.8, 4) is 0 Å². The van der Waals surface area contributed by atoms with Crippen molar-refractivity contribution in [3.63, 3.8) is 0 Å². The molecule has 13 heavy (non-hydrogen) atoms. The van der Waals surface area contributed by atoms with Crippen LogP contribution in [0.1, 0.15) is 5.56 Å². The van der Waals surface area contributed by atoms with E-state index < -0.39 is 29.1 Å². The molecule has 0 aliphatic rings. The normalized spacial score (nSPS) is 11.8. The van der Waals surface area contributed by atoms with Crippen LogP contribution in [0.5, 0.6) is 0 Å². The predicted molar refractivity (Wildman–Crippen MR) is 35.8 cm³/mol. The second-order valence-electron chi connectivity index (χ2n) is 2.32. The Hall–Kier alpha value is -1.33. The van der Waals surface area contributed by atoms with Gasteiger partial charge in [0.05, 0.1) is 0 Å². The van der Waals surface area contributed by atoms with Crippen LogP contribution >= 0.6 is 0 Å². The Morgan fingerprint density at radius 3 is 2.00 bits per heavy atom. The zero-order valence-corrected chi connectivity index (χ0v) is 6.12. The van der Waals surface area contributed by atoms with E-state index >= 15 is 0 Å². The van der Waals surface area contributed by atoms with Crippen molar-refractivity contribution in [1.29, 1.82) is 0 Å². The highest BCUT2D eigenvalue weighted by atomic mass is 19.4. The molecule has 0 aromatic heterocycles. The zero-order chi connectivity index (χ0) is 10.2. The first-order chi connectivity index (χ1) is 5.84. The standard InChI is InChI=1S/C7H4F5N/c8-3-1-2-4(13)5(6(3)9)7(10,11)12/h1-2H,13H2. The van der Waals surface area contributed by atoms with E-state index in [1.807, 2.05) is 0 Å². The Morgan fingerprint density at radius 2 is 1.62 bits per heavy atom. The van der Waals surface area contributed by atoms with Gasteiger partial charge in [-0.15, -0.1) is 0 Å². The Labute approximate surface area is 70.0 Å². The van der Waals surface area contributed by atoms with E-state index in [2.05, 4.69) is 0 Å². The zero-order valence-electron chi connectivity index (χ0n) is 6.12. The van der Waals surface area contributed by atoms with Gasteiger partial charge in [0.2, 0.25) is 0 Å². The Bertz CT molecular complexity index is 330. The van der Waals surface area contributed by atoms with Crippen LogP contribution in [-0.4, -0.2) is 0 Å². The van der Waals surface area contributed by atoms with E-state index in [9.17, 15) is 22.0 Å². The van der Waals surface area contributed by atoms with E-state index in [4.69, 9.17) is 5.73 Å². The molecule has 1 aromatic carbocycles. The molecule has 0 unspecified atom stereocenters. The maximum atomic E-state index is 12.6. The quantitative estimate of drug-likeness (QED) is 0.502. The number of hydrogen-bond acceptors (Lipinski definition) is 1. The van der Waals surface area contributed by atoms with Crippen LogP contribution in [0.25, 0.3) is 0 Å². The molecule has 1 rings (SSSR count). The minimum Gasteiger partial charge on any atom is -0.398 e. The summed E-state index contributed by atoms with van der Waals surface area (Å²) in [6, 6.07) is 1.21. The molecule has 0 saturated heterocycles. The van der Waals surface area contributed by atoms with Crippen molar-refractivity contribution < 1.29 is 22.0 Å². The number of hydrogen-bond donors (Lipinski definition) is 1. The summed E-state index contributed by atoms with van der Waals surface area (Å²) in [5.41, 5.74) is 2.27. The average molecular weight is 197 g/mol. The molecule has 0 atom stereocenters. The van der Waals surface area contributed by atoms with Crippen molar-refractivity contribution in [2.75, 3.05) is 5.73 Å². The second-order valence-corrected chi connectivity index (χ2v) is 2.32. The monoisotopic (exact) mass is 197 g/mol. The Kier molecular flexibility index (Phi) is 2.15. The molecular formula is C7H4F5N. The first-order valence-electron chi connectivity index (χ1n) is 3.14. The average Bonchev–Trinajstić information content (AvgIpc) is 1.95. The highest BCUT2D eigenvalue weighted by Gasteiger charge is 2.37. The van der Waals surface area contributed by atoms with Gasteiger partial charge in [-0.2, -0.15) is 13.2 Å². The summed E-state index contributed by atoms with van der Waals surface area (Å²) in [7, 11) is 0. The number of benzene rings is 1. The van der Waals surface area contributed by atoms with Crippen LogP contribution in [0.2, 0.25) is 0 Å². The highest BCUT2D eigenvalue weighted by Crippen LogP contribution is 2.36. The Morgan fingerprint density at radius 1 is 1.08 bits per heavy atom. The molecule has 0 saturated carbocycles. The molecule has 0 spiro atoms. The SMILES string of the molecule is Nc1ccc(F)c(F)c1C(F)(F)F. The molecule has 0 heterocycles. The van der Waals surface area contributed by atoms with Crippen molar-refractivity contribution >= 4 is 5.69 Å². The third-order valence-corrected chi connectivity index (χ3v) is 1.41. The van der Waals surface area contributed by atoms with Crippen LogP contribution in [-0.2, 0) is 6.18 Å². The molecule has 0 radical (unpaired) electrons. The van der Waals surface area contributed by atoms with Gasteiger partial charge in [0.15, 0.2) is 11.6 Å². The number of alkyl halides is 3. The van der Waals surface area contributed by atoms with Crippen molar-refractivity contribution in [3.05, 3.63) is 29.3 Å². The van der Waals surface area contributed by atoms with E-state index in [0.29, 0.717) is 12.1 Å². The van der Waals surface area contributed by atoms with Crippen molar-refractivity contribution in [1.82, 2.24) is 0 Å². The summed E-state index contributed by atoms with van der Waals surface area (Å²) in [5.74, 6) is -3.53. The summed E-state index contributed by atoms with van der Waals surface area (Å²) >= 11 is 0. The maximum Gasteiger partial charge on any atom is 0.421 e. The van der Waals surface area contributed by atoms with Gasteiger partial charge in [0.1, 0.15) is 5.56 Å². The highest BCUT2D eigenvalue weighted by molar-refractivity contribution is 5.49. The van der Waals surface area contributed by atoms with E-state index in [1.54, 1.807) is 0 Å². The molecule has 0 fully saturated rings. The molecule has 1 aromatic rings. The van der Waals surface area contributed by atoms with Crippen LogP contribution in [0.15, 0.2) is 12.1 Å². The fraction of sp³-hybridized carbons (Fsp3) is 0.143. The lowest BCUT2D eigenvalue weighted by Gasteiger charge is -2.10. The van der Waals surface area contributed by atoms with E-state index in [-0.39, 0.29) is 0 Å². The fourth-order valence-corrected chi connectivity index (χ4v) is 0.854. The van der Waals surface area contributed by atoms with Gasteiger partial charge >= 0.3 is 6.18 Å². The molecule has 0 amide bonds. The fourth-order valence-electron chi connectivity index (χ4n) is 0.854. The molecular weight excluding hydrogens is 193 g/mol. The predicted octanol–water partition coefficient (Wildman–Crippen LogP) is 2.57. The van der Waals surface area contributed by atoms with Crippen LogP contribution in [0.4, 0.5) is 27.6 Å². The third-order valence-electron chi connectivity index (χ3n) is 1.41. The Balaban J connectivity index is 3.43. The van der Waals surface area contributed by atoms with Gasteiger partial charge in [-0.1, -0.05) is 0 Å². The van der Waals surface area contributed by atoms with Gasteiger partial charge in [-0.25, -0.2) is 8.78 Å². The lowest BCUT2D eigenvalue weighted by atomic mass is 10.1. The minimum absolute atomic E-state index is 0.542. The van der Waals surface area contributed by atoms with Crippen LogP contribution in [0, 0.1) is 11.6 Å². The molecule has 72 valence electrons. The lowest BCUT2D eigenvalue weighted by molar-refractivity contribution is -0.139. The molecule has 6 heteroatoms. The minimum atomic E-state index is -4.98. The summed E-state index contributed by atoms with van der Waals surface area (Å²) in [6.45, 7) is 0. The molecule has 0 bridgehead atoms. The topological polar surface area (TPSA) is 26.0 Å². The van der Waals surface area contributed by atoms with Crippen LogP contribution in [0.3, 0.4) is 0 Å². The van der Waals surface area contributed by atoms with Crippen LogP contribution < -0.4 is 5.73 Å². The second kappa shape index (κ2) is 2.86. The first-order valence-corrected chi connectivity index (χ1v) is 3.14. The lowest BCUT2D eigenvalue weighted by Crippen LogP contribution is -2.12. The van der Waals surface area contributed by atoms with E-state index in [0.717, 1.165) is 0 Å². The summed E-state index contributed by atoms with van der Waals surface area (Å²) in [4.78, 5) is 0. The van der Waals surface area contributed by atoms with Crippen molar-refractivity contribution in [2.45, 2.75) is 6.18 Å². The molecule has 1 nitrogen and oxygen atoms in total. The van der Waals surface area contributed by atoms with Gasteiger partial charge in [0, 0.05) is 5.69 Å². The van der Waals surface area contributed by atoms with Gasteiger partial charge in [-0.3, -0.25) is 0 Å². The number of rotatable bonds is 0. The van der Waals surface area contributed by atoms with E-state index in [1.165, 1.54) is 0 Å². The largest absolute Gasteiger partial charge is 0.421 e. The first kappa shape index (κ1) is 9.76. The number of halogens is 5. The number of nitrogen functional groups attached to an aromatic ring is 1. The summed E-state index contributed by atoms with van der Waals surface area (Å²) < 4.78 is 61.0. The molecule has 2 N–H and O–H groups in total. The maximum absolute atomic E-state index is 12.6. The smallest absolute Gasteiger partial charge is 0.398 e. The number of nitrogens with two attached hydrogens (primary N) is 1. The van der Waals surface area contributed by atoms with Gasteiger partial charge in [-0.05, 0) is 12.1 Å². The number of anilines is 1. The molecule has 0 aliphatic heterocycles.